The summed E-state index contributed by atoms with van der Waals surface area (Å²) in [6.07, 6.45) is -0.0992. The summed E-state index contributed by atoms with van der Waals surface area (Å²) >= 11 is 7.42. The number of nitrogens with one attached hydrogen (secondary N) is 1. The minimum atomic E-state index is -0.204. The number of fused-ring (bicyclic) bond motifs is 1. The van der Waals surface area contributed by atoms with Crippen LogP contribution in [0.5, 0.6) is 5.88 Å². The Morgan fingerprint density at radius 1 is 1.10 bits per heavy atom. The monoisotopic (exact) mass is 459 g/mol. The number of piperazine rings is 1. The van der Waals surface area contributed by atoms with E-state index in [1.54, 1.807) is 11.0 Å². The molecule has 2 amide bonds. The van der Waals surface area contributed by atoms with Gasteiger partial charge in [-0.1, -0.05) is 17.7 Å². The predicted octanol–water partition coefficient (Wildman–Crippen LogP) is 5.10. The average Bonchev–Trinajstić information content (AvgIpc) is 3.06. The zero-order valence-electron chi connectivity index (χ0n) is 18.1. The van der Waals surface area contributed by atoms with Crippen LogP contribution >= 0.6 is 22.9 Å². The third-order valence-corrected chi connectivity index (χ3v) is 6.16. The fourth-order valence-electron chi connectivity index (χ4n) is 3.68. The lowest BCUT2D eigenvalue weighted by molar-refractivity contribution is 0.207. The van der Waals surface area contributed by atoms with Gasteiger partial charge in [0.25, 0.3) is 5.88 Å². The number of urea groups is 1. The number of carbonyl (C=O) groups excluding carboxylic acids is 1. The van der Waals surface area contributed by atoms with Crippen molar-refractivity contribution < 1.29 is 9.53 Å². The molecule has 1 saturated heterocycles. The van der Waals surface area contributed by atoms with Crippen LogP contribution in [0, 0.1) is 13.8 Å². The number of hydrogen-bond donors (Lipinski definition) is 1. The molecule has 1 fully saturated rings. The maximum atomic E-state index is 12.9. The lowest BCUT2D eigenvalue weighted by Gasteiger charge is -2.36. The molecule has 1 aliphatic rings. The third-order valence-electron chi connectivity index (χ3n) is 5.01. The zero-order chi connectivity index (χ0) is 22.1. The van der Waals surface area contributed by atoms with E-state index in [2.05, 4.69) is 52.2 Å². The highest BCUT2D eigenvalue weighted by Crippen LogP contribution is 2.32. The highest BCUT2D eigenvalue weighted by molar-refractivity contribution is 7.22. The minimum Gasteiger partial charge on any atom is -0.472 e. The number of benzene rings is 1. The Morgan fingerprint density at radius 2 is 1.77 bits per heavy atom. The molecule has 0 bridgehead atoms. The van der Waals surface area contributed by atoms with Gasteiger partial charge in [0.05, 0.1) is 10.4 Å². The molecule has 1 N–H and O–H groups in total. The number of amides is 2. The number of aryl methyl sites for hydroxylation is 2. The van der Waals surface area contributed by atoms with Crippen molar-refractivity contribution in [1.82, 2.24) is 14.9 Å². The molecule has 3 heterocycles. The van der Waals surface area contributed by atoms with Gasteiger partial charge in [0.15, 0.2) is 5.82 Å². The van der Waals surface area contributed by atoms with Crippen LogP contribution in [0.4, 0.5) is 16.3 Å². The van der Waals surface area contributed by atoms with Crippen molar-refractivity contribution in [3.63, 3.8) is 0 Å². The number of carbonyl (C=O) groups is 1. The maximum Gasteiger partial charge on any atom is 0.323 e. The van der Waals surface area contributed by atoms with Crippen molar-refractivity contribution in [3.05, 3.63) is 39.7 Å². The topological polar surface area (TPSA) is 70.6 Å². The Kier molecular flexibility index (Phi) is 6.20. The summed E-state index contributed by atoms with van der Waals surface area (Å²) in [5.41, 5.74) is 4.35. The predicted molar refractivity (Wildman–Crippen MR) is 127 cm³/mol. The molecule has 0 unspecified atom stereocenters. The Labute approximate surface area is 191 Å². The highest BCUT2D eigenvalue weighted by Gasteiger charge is 2.24. The van der Waals surface area contributed by atoms with Gasteiger partial charge in [-0.3, -0.25) is 5.32 Å². The van der Waals surface area contributed by atoms with Gasteiger partial charge in [-0.2, -0.15) is 0 Å². The number of nitrogens with zero attached hydrogens (tertiary/aromatic N) is 4. The maximum absolute atomic E-state index is 12.9. The van der Waals surface area contributed by atoms with E-state index in [0.29, 0.717) is 39.5 Å². The van der Waals surface area contributed by atoms with Crippen LogP contribution in [0.1, 0.15) is 25.0 Å². The van der Waals surface area contributed by atoms with Gasteiger partial charge in [-0.25, -0.2) is 14.8 Å². The minimum absolute atomic E-state index is 0.0992. The van der Waals surface area contributed by atoms with Crippen LogP contribution < -0.4 is 15.0 Å². The molecule has 4 rings (SSSR count). The van der Waals surface area contributed by atoms with E-state index in [9.17, 15) is 4.79 Å². The molecule has 1 aliphatic heterocycles. The van der Waals surface area contributed by atoms with Crippen molar-refractivity contribution in [2.75, 3.05) is 36.4 Å². The molecule has 164 valence electrons. The molecule has 0 saturated carbocycles. The molecule has 0 spiro atoms. The first-order valence-corrected chi connectivity index (χ1v) is 11.5. The molecule has 0 radical (unpaired) electrons. The van der Waals surface area contributed by atoms with Crippen molar-refractivity contribution in [2.24, 2.45) is 0 Å². The van der Waals surface area contributed by atoms with Gasteiger partial charge in [0.1, 0.15) is 10.3 Å². The lowest BCUT2D eigenvalue weighted by Crippen LogP contribution is -2.50. The molecule has 31 heavy (non-hydrogen) atoms. The standard InChI is InChI=1S/C22H26ClN5O2S/c1-13(2)30-20-19(25-21-17(24-20)12-18(23)31-21)26-22(29)28-7-5-27(6-8-28)16-10-14(3)9-15(4)11-16/h9-13H,5-8H2,1-4H3,(H,25,26,29). The molecule has 3 aromatic rings. The number of rotatable bonds is 4. The summed E-state index contributed by atoms with van der Waals surface area (Å²) in [4.78, 5) is 26.8. The summed E-state index contributed by atoms with van der Waals surface area (Å²) in [7, 11) is 0. The number of halogens is 1. The molecule has 0 aliphatic carbocycles. The summed E-state index contributed by atoms with van der Waals surface area (Å²) in [5, 5.41) is 2.89. The number of ether oxygens (including phenoxy) is 1. The Hall–Kier alpha value is -2.58. The van der Waals surface area contributed by atoms with E-state index in [4.69, 9.17) is 16.3 Å². The number of hydrogen-bond acceptors (Lipinski definition) is 6. The molecule has 2 aromatic heterocycles. The quantitative estimate of drug-likeness (QED) is 0.587. The van der Waals surface area contributed by atoms with Crippen molar-refractivity contribution in [2.45, 2.75) is 33.8 Å². The smallest absolute Gasteiger partial charge is 0.323 e. The van der Waals surface area contributed by atoms with E-state index < -0.39 is 0 Å². The summed E-state index contributed by atoms with van der Waals surface area (Å²) < 4.78 is 6.39. The lowest BCUT2D eigenvalue weighted by atomic mass is 10.1. The Balaban J connectivity index is 1.46. The zero-order valence-corrected chi connectivity index (χ0v) is 19.7. The van der Waals surface area contributed by atoms with Gasteiger partial charge in [-0.05, 0) is 57.0 Å². The van der Waals surface area contributed by atoms with E-state index in [0.717, 1.165) is 13.1 Å². The van der Waals surface area contributed by atoms with Crippen LogP contribution in [0.25, 0.3) is 10.3 Å². The molecule has 9 heteroatoms. The summed E-state index contributed by atoms with van der Waals surface area (Å²) in [6.45, 7) is 10.8. The average molecular weight is 460 g/mol. The fraction of sp³-hybridized carbons (Fsp3) is 0.409. The number of aromatic nitrogens is 2. The van der Waals surface area contributed by atoms with Crippen LogP contribution in [-0.4, -0.2) is 53.2 Å². The second-order valence-electron chi connectivity index (χ2n) is 8.04. The number of thiophene rings is 1. The second-order valence-corrected chi connectivity index (χ2v) is 9.70. The van der Waals surface area contributed by atoms with Gasteiger partial charge >= 0.3 is 6.03 Å². The van der Waals surface area contributed by atoms with E-state index in [1.165, 1.54) is 28.2 Å². The van der Waals surface area contributed by atoms with Crippen LogP contribution in [0.3, 0.4) is 0 Å². The fourth-order valence-corrected chi connectivity index (χ4v) is 4.71. The first kappa shape index (κ1) is 21.6. The first-order chi connectivity index (χ1) is 14.8. The summed E-state index contributed by atoms with van der Waals surface area (Å²) in [5.74, 6) is 0.626. The van der Waals surface area contributed by atoms with Crippen LogP contribution in [0.15, 0.2) is 24.3 Å². The van der Waals surface area contributed by atoms with Gasteiger partial charge in [0, 0.05) is 31.9 Å². The first-order valence-electron chi connectivity index (χ1n) is 10.3. The molecule has 0 atom stereocenters. The molecule has 7 nitrogen and oxygen atoms in total. The van der Waals surface area contributed by atoms with E-state index >= 15 is 0 Å². The number of anilines is 2. The van der Waals surface area contributed by atoms with Crippen molar-refractivity contribution in [3.8, 4) is 5.88 Å². The van der Waals surface area contributed by atoms with Gasteiger partial charge < -0.3 is 14.5 Å². The molecular formula is C22H26ClN5O2S. The molecule has 1 aromatic carbocycles. The van der Waals surface area contributed by atoms with Gasteiger partial charge in [0.2, 0.25) is 0 Å². The Morgan fingerprint density at radius 3 is 2.42 bits per heavy atom. The van der Waals surface area contributed by atoms with Crippen molar-refractivity contribution in [1.29, 1.82) is 0 Å². The van der Waals surface area contributed by atoms with Crippen LogP contribution in [-0.2, 0) is 0 Å². The Bertz CT molecular complexity index is 1090. The van der Waals surface area contributed by atoms with Gasteiger partial charge in [-0.15, -0.1) is 11.3 Å². The SMILES string of the molecule is Cc1cc(C)cc(N2CCN(C(=O)Nc3nc4sc(Cl)cc4nc3OC(C)C)CC2)c1. The highest BCUT2D eigenvalue weighted by atomic mass is 35.5. The van der Waals surface area contributed by atoms with Crippen LogP contribution in [0.2, 0.25) is 4.34 Å². The largest absolute Gasteiger partial charge is 0.472 e. The summed E-state index contributed by atoms with van der Waals surface area (Å²) in [6, 6.07) is 8.09. The second kappa shape index (κ2) is 8.88. The normalized spacial score (nSPS) is 14.4. The van der Waals surface area contributed by atoms with E-state index in [1.807, 2.05) is 13.8 Å². The van der Waals surface area contributed by atoms with E-state index in [-0.39, 0.29) is 12.1 Å². The van der Waals surface area contributed by atoms with Crippen molar-refractivity contribution >= 4 is 50.8 Å². The third kappa shape index (κ3) is 5.02. The molecular weight excluding hydrogens is 434 g/mol.